The lowest BCUT2D eigenvalue weighted by Crippen LogP contribution is -2.40. The van der Waals surface area contributed by atoms with Crippen LogP contribution in [0.1, 0.15) is 71.2 Å². The lowest BCUT2D eigenvalue weighted by atomic mass is 9.86. The Morgan fingerprint density at radius 3 is 2.48 bits per heavy atom. The van der Waals surface area contributed by atoms with Crippen molar-refractivity contribution >= 4 is 43.4 Å². The number of rotatable bonds is 6. The summed E-state index contributed by atoms with van der Waals surface area (Å²) < 4.78 is 34.8. The summed E-state index contributed by atoms with van der Waals surface area (Å²) in [5.74, 6) is 0.297. The molecule has 0 spiro atoms. The maximum atomic E-state index is 13.1. The number of carbonyl (C=O) groups is 1. The van der Waals surface area contributed by atoms with Gasteiger partial charge in [-0.15, -0.1) is 11.3 Å². The fourth-order valence-corrected chi connectivity index (χ4v) is 7.25. The van der Waals surface area contributed by atoms with Gasteiger partial charge in [-0.1, -0.05) is 22.0 Å². The number of hydrogen-bond acceptors (Lipinski definition) is 6. The van der Waals surface area contributed by atoms with Gasteiger partial charge < -0.3 is 10.1 Å². The maximum absolute atomic E-state index is 13.1. The van der Waals surface area contributed by atoms with Crippen LogP contribution >= 0.6 is 27.3 Å². The van der Waals surface area contributed by atoms with Crippen LogP contribution in [0.15, 0.2) is 33.8 Å². The average Bonchev–Trinajstić information content (AvgIpc) is 3.16. The van der Waals surface area contributed by atoms with Crippen LogP contribution in [0.2, 0.25) is 0 Å². The third-order valence-corrected chi connectivity index (χ3v) is 8.69. The number of thiazole rings is 1. The summed E-state index contributed by atoms with van der Waals surface area (Å²) in [7, 11) is -3.72. The zero-order valence-electron chi connectivity index (χ0n) is 19.6. The zero-order valence-corrected chi connectivity index (χ0v) is 22.9. The molecule has 1 saturated carbocycles. The highest BCUT2D eigenvalue weighted by Gasteiger charge is 2.28. The number of aromatic nitrogens is 1. The number of amides is 1. The summed E-state index contributed by atoms with van der Waals surface area (Å²) in [4.78, 5) is 17.6. The molecule has 0 aliphatic heterocycles. The van der Waals surface area contributed by atoms with E-state index in [-0.39, 0.29) is 23.1 Å². The number of alkyl carbamates (subject to hydrolysis) is 1. The molecule has 7 nitrogen and oxygen atoms in total. The van der Waals surface area contributed by atoms with E-state index in [4.69, 9.17) is 4.74 Å². The van der Waals surface area contributed by atoms with Crippen molar-refractivity contribution in [3.05, 3.63) is 33.9 Å². The molecular formula is C23H32BrN3O4S2. The van der Waals surface area contributed by atoms with Crippen molar-refractivity contribution < 1.29 is 17.9 Å². The molecule has 1 heterocycles. The van der Waals surface area contributed by atoms with Crippen LogP contribution in [-0.4, -0.2) is 37.2 Å². The van der Waals surface area contributed by atoms with Crippen molar-refractivity contribution in [1.82, 2.24) is 15.0 Å². The summed E-state index contributed by atoms with van der Waals surface area (Å²) in [5.41, 5.74) is 0.0522. The van der Waals surface area contributed by atoms with E-state index in [1.807, 2.05) is 46.8 Å². The van der Waals surface area contributed by atoms with Crippen LogP contribution in [0.3, 0.4) is 0 Å². The molecule has 0 atom stereocenters. The second-order valence-electron chi connectivity index (χ2n) is 9.71. The third-order valence-electron chi connectivity index (χ3n) is 5.20. The Bertz CT molecular complexity index is 1090. The normalized spacial score (nSPS) is 19.5. The predicted octanol–water partition coefficient (Wildman–Crippen LogP) is 5.81. The van der Waals surface area contributed by atoms with Gasteiger partial charge in [0.05, 0.1) is 20.9 Å². The highest BCUT2D eigenvalue weighted by molar-refractivity contribution is 9.10. The van der Waals surface area contributed by atoms with Crippen LogP contribution in [-0.2, 0) is 14.8 Å². The molecule has 1 aromatic heterocycles. The number of carbonyl (C=O) groups excluding carboxylic acids is 1. The van der Waals surface area contributed by atoms with E-state index in [9.17, 15) is 13.2 Å². The summed E-state index contributed by atoms with van der Waals surface area (Å²) >= 11 is 4.94. The molecule has 33 heavy (non-hydrogen) atoms. The molecule has 1 fully saturated rings. The van der Waals surface area contributed by atoms with Crippen molar-refractivity contribution in [1.29, 1.82) is 0 Å². The lowest BCUT2D eigenvalue weighted by molar-refractivity contribution is 0.109. The van der Waals surface area contributed by atoms with Crippen molar-refractivity contribution in [3.8, 4) is 10.4 Å². The van der Waals surface area contributed by atoms with Crippen molar-refractivity contribution in [2.75, 3.05) is 0 Å². The van der Waals surface area contributed by atoms with Crippen LogP contribution in [0, 0.1) is 0 Å². The Balaban J connectivity index is 1.75. The minimum atomic E-state index is -3.72. The molecule has 2 aromatic rings. The van der Waals surface area contributed by atoms with Gasteiger partial charge in [0.1, 0.15) is 0 Å². The van der Waals surface area contributed by atoms with Crippen LogP contribution in [0.4, 0.5) is 4.79 Å². The molecule has 1 aromatic carbocycles. The highest BCUT2D eigenvalue weighted by Crippen LogP contribution is 2.40. The van der Waals surface area contributed by atoms with E-state index in [1.54, 1.807) is 12.3 Å². The third kappa shape index (κ3) is 7.24. The fourth-order valence-electron chi connectivity index (χ4n) is 3.88. The molecular weight excluding hydrogens is 526 g/mol. The quantitative estimate of drug-likeness (QED) is 0.467. The number of benzene rings is 1. The summed E-state index contributed by atoms with van der Waals surface area (Å²) in [6.07, 6.45) is 4.82. The van der Waals surface area contributed by atoms with Gasteiger partial charge in [0, 0.05) is 33.7 Å². The topological polar surface area (TPSA) is 97.4 Å². The SMILES string of the molecule is CC(C)OC(=O)NC1CCC(c2ncc(-c3ccc(Br)cc3S(=O)(=O)NC(C)(C)C)s2)CC1. The van der Waals surface area contributed by atoms with Gasteiger partial charge in [-0.2, -0.15) is 0 Å². The molecule has 182 valence electrons. The first-order valence-electron chi connectivity index (χ1n) is 11.1. The Morgan fingerprint density at radius 2 is 1.88 bits per heavy atom. The van der Waals surface area contributed by atoms with E-state index in [0.29, 0.717) is 16.0 Å². The van der Waals surface area contributed by atoms with Crippen LogP contribution in [0.25, 0.3) is 10.4 Å². The molecule has 0 bridgehead atoms. The fraction of sp³-hybridized carbons (Fsp3) is 0.565. The van der Waals surface area contributed by atoms with Gasteiger partial charge >= 0.3 is 6.09 Å². The molecule has 10 heteroatoms. The number of nitrogens with zero attached hydrogens (tertiary/aromatic N) is 1. The highest BCUT2D eigenvalue weighted by atomic mass is 79.9. The molecule has 1 aliphatic carbocycles. The standard InChI is InChI=1S/C23H32BrN3O4S2/c1-14(2)31-22(28)26-17-9-6-15(7-10-17)21-25-13-19(32-21)18-11-8-16(24)12-20(18)33(29,30)27-23(3,4)5/h8,11-15,17,27H,6-7,9-10H2,1-5H3,(H,26,28). The van der Waals surface area contributed by atoms with Crippen molar-refractivity contribution in [2.45, 2.75) is 88.8 Å². The number of ether oxygens (including phenoxy) is 1. The first-order chi connectivity index (χ1) is 15.3. The predicted molar refractivity (Wildman–Crippen MR) is 135 cm³/mol. The van der Waals surface area contributed by atoms with E-state index >= 15 is 0 Å². The molecule has 0 radical (unpaired) electrons. The monoisotopic (exact) mass is 557 g/mol. The summed E-state index contributed by atoms with van der Waals surface area (Å²) in [6.45, 7) is 9.12. The lowest BCUT2D eigenvalue weighted by Gasteiger charge is -2.28. The Labute approximate surface area is 208 Å². The van der Waals surface area contributed by atoms with E-state index in [2.05, 4.69) is 31.0 Å². The molecule has 0 unspecified atom stereocenters. The Hall–Kier alpha value is -1.49. The van der Waals surface area contributed by atoms with Crippen LogP contribution in [0.5, 0.6) is 0 Å². The number of sulfonamides is 1. The van der Waals surface area contributed by atoms with Crippen LogP contribution < -0.4 is 10.0 Å². The largest absolute Gasteiger partial charge is 0.447 e. The Morgan fingerprint density at radius 1 is 1.21 bits per heavy atom. The van der Waals surface area contributed by atoms with E-state index in [0.717, 1.165) is 35.6 Å². The second kappa shape index (κ2) is 10.4. The first kappa shape index (κ1) is 26.1. The van der Waals surface area contributed by atoms with Crippen molar-refractivity contribution in [2.24, 2.45) is 0 Å². The number of nitrogens with one attached hydrogen (secondary N) is 2. The molecule has 1 aliphatic rings. The number of halogens is 1. The van der Waals surface area contributed by atoms with Gasteiger partial charge in [0.2, 0.25) is 10.0 Å². The minimum absolute atomic E-state index is 0.110. The minimum Gasteiger partial charge on any atom is -0.447 e. The van der Waals surface area contributed by atoms with Crippen molar-refractivity contribution in [3.63, 3.8) is 0 Å². The Kier molecular flexibility index (Phi) is 8.24. The van der Waals surface area contributed by atoms with Gasteiger partial charge in [-0.3, -0.25) is 0 Å². The van der Waals surface area contributed by atoms with E-state index in [1.165, 1.54) is 11.3 Å². The maximum Gasteiger partial charge on any atom is 0.407 e. The molecule has 0 saturated heterocycles. The molecule has 3 rings (SSSR count). The smallest absolute Gasteiger partial charge is 0.407 e. The number of hydrogen-bond donors (Lipinski definition) is 2. The first-order valence-corrected chi connectivity index (χ1v) is 14.2. The van der Waals surface area contributed by atoms with Gasteiger partial charge in [0.15, 0.2) is 0 Å². The summed E-state index contributed by atoms with van der Waals surface area (Å²) in [6, 6.07) is 5.41. The van der Waals surface area contributed by atoms with Gasteiger partial charge in [0.25, 0.3) is 0 Å². The average molecular weight is 559 g/mol. The zero-order chi connectivity index (χ0) is 24.4. The van der Waals surface area contributed by atoms with Gasteiger partial charge in [-0.05, 0) is 72.4 Å². The second-order valence-corrected chi connectivity index (χ2v) is 13.3. The molecule has 1 amide bonds. The van der Waals surface area contributed by atoms with E-state index < -0.39 is 15.6 Å². The molecule has 2 N–H and O–H groups in total. The summed E-state index contributed by atoms with van der Waals surface area (Å²) in [5, 5.41) is 3.95. The van der Waals surface area contributed by atoms with Gasteiger partial charge in [-0.25, -0.2) is 22.9 Å².